The molecule has 0 saturated carbocycles. The standard InChI is InChI=1S/C10H9ClFNO2/c1-6(10(14)15)5-13-9-4-7(12)2-3-8(9)11/h2-4,13H,1,5H2,(H,14,15). The first kappa shape index (κ1) is 11.5. The summed E-state index contributed by atoms with van der Waals surface area (Å²) in [6, 6.07) is 3.81. The van der Waals surface area contributed by atoms with Crippen LogP contribution in [0.4, 0.5) is 10.1 Å². The SMILES string of the molecule is C=C(CNc1cc(F)ccc1Cl)C(=O)O. The third kappa shape index (κ3) is 3.25. The highest BCUT2D eigenvalue weighted by Crippen LogP contribution is 2.22. The van der Waals surface area contributed by atoms with E-state index in [1.807, 2.05) is 0 Å². The minimum atomic E-state index is -1.10. The van der Waals surface area contributed by atoms with E-state index in [0.717, 1.165) is 0 Å². The Labute approximate surface area is 91.2 Å². The summed E-state index contributed by atoms with van der Waals surface area (Å²) in [5.41, 5.74) is 0.328. The van der Waals surface area contributed by atoms with Gasteiger partial charge >= 0.3 is 5.97 Å². The monoisotopic (exact) mass is 229 g/mol. The number of carboxylic acid groups (broad SMARTS) is 1. The van der Waals surface area contributed by atoms with E-state index in [2.05, 4.69) is 11.9 Å². The van der Waals surface area contributed by atoms with Gasteiger partial charge in [0, 0.05) is 12.1 Å². The predicted molar refractivity (Wildman–Crippen MR) is 56.7 cm³/mol. The van der Waals surface area contributed by atoms with Gasteiger partial charge in [-0.25, -0.2) is 9.18 Å². The molecule has 0 aliphatic heterocycles. The molecule has 1 aromatic carbocycles. The van der Waals surface area contributed by atoms with Crippen LogP contribution in [0.2, 0.25) is 5.02 Å². The molecule has 0 bridgehead atoms. The first-order valence-electron chi connectivity index (χ1n) is 4.10. The molecular formula is C10H9ClFNO2. The third-order valence-corrected chi connectivity index (χ3v) is 2.05. The average molecular weight is 230 g/mol. The Morgan fingerprint density at radius 3 is 2.87 bits per heavy atom. The fraction of sp³-hybridized carbons (Fsp3) is 0.100. The first-order valence-corrected chi connectivity index (χ1v) is 4.48. The van der Waals surface area contributed by atoms with Crippen molar-refractivity contribution in [3.63, 3.8) is 0 Å². The summed E-state index contributed by atoms with van der Waals surface area (Å²) in [5, 5.41) is 11.5. The van der Waals surface area contributed by atoms with Crippen LogP contribution in [-0.2, 0) is 4.79 Å². The first-order chi connectivity index (χ1) is 7.00. The molecule has 15 heavy (non-hydrogen) atoms. The number of hydrogen-bond donors (Lipinski definition) is 2. The molecule has 2 N–H and O–H groups in total. The molecule has 0 heterocycles. The maximum atomic E-state index is 12.8. The van der Waals surface area contributed by atoms with E-state index in [1.165, 1.54) is 18.2 Å². The van der Waals surface area contributed by atoms with Crippen molar-refractivity contribution in [2.45, 2.75) is 0 Å². The summed E-state index contributed by atoms with van der Waals surface area (Å²) in [7, 11) is 0. The quantitative estimate of drug-likeness (QED) is 0.780. The maximum absolute atomic E-state index is 12.8. The van der Waals surface area contributed by atoms with Crippen molar-refractivity contribution >= 4 is 23.3 Å². The van der Waals surface area contributed by atoms with Gasteiger partial charge in [0.25, 0.3) is 0 Å². The number of benzene rings is 1. The van der Waals surface area contributed by atoms with E-state index < -0.39 is 11.8 Å². The average Bonchev–Trinajstić information content (AvgIpc) is 2.18. The number of aliphatic carboxylic acids is 1. The molecule has 0 unspecified atom stereocenters. The van der Waals surface area contributed by atoms with Gasteiger partial charge in [0.1, 0.15) is 5.82 Å². The lowest BCUT2D eigenvalue weighted by molar-refractivity contribution is -0.132. The molecule has 3 nitrogen and oxygen atoms in total. The van der Waals surface area contributed by atoms with Gasteiger partial charge < -0.3 is 10.4 Å². The highest BCUT2D eigenvalue weighted by atomic mass is 35.5. The minimum absolute atomic E-state index is 0.0124. The normalized spacial score (nSPS) is 9.73. The fourth-order valence-electron chi connectivity index (χ4n) is 0.910. The van der Waals surface area contributed by atoms with E-state index in [0.29, 0.717) is 10.7 Å². The van der Waals surface area contributed by atoms with Crippen LogP contribution in [0.15, 0.2) is 30.4 Å². The number of rotatable bonds is 4. The van der Waals surface area contributed by atoms with Crippen LogP contribution in [0.1, 0.15) is 0 Å². The van der Waals surface area contributed by atoms with Crippen LogP contribution in [0.3, 0.4) is 0 Å². The Balaban J connectivity index is 2.69. The van der Waals surface area contributed by atoms with E-state index in [1.54, 1.807) is 0 Å². The second-order valence-corrected chi connectivity index (χ2v) is 3.29. The number of halogens is 2. The number of carbonyl (C=O) groups is 1. The van der Waals surface area contributed by atoms with Gasteiger partial charge in [0.2, 0.25) is 0 Å². The summed E-state index contributed by atoms with van der Waals surface area (Å²) in [6.07, 6.45) is 0. The van der Waals surface area contributed by atoms with Gasteiger partial charge in [-0.1, -0.05) is 18.2 Å². The van der Waals surface area contributed by atoms with Crippen LogP contribution in [-0.4, -0.2) is 17.6 Å². The number of carboxylic acids is 1. The molecule has 0 aliphatic rings. The van der Waals surface area contributed by atoms with E-state index >= 15 is 0 Å². The van der Waals surface area contributed by atoms with Gasteiger partial charge in [-0.05, 0) is 18.2 Å². The lowest BCUT2D eigenvalue weighted by Gasteiger charge is -2.07. The Hall–Kier alpha value is -1.55. The van der Waals surface area contributed by atoms with Crippen molar-refractivity contribution in [3.05, 3.63) is 41.2 Å². The summed E-state index contributed by atoms with van der Waals surface area (Å²) in [4.78, 5) is 10.4. The molecule has 0 spiro atoms. The fourth-order valence-corrected chi connectivity index (χ4v) is 1.09. The lowest BCUT2D eigenvalue weighted by atomic mass is 10.2. The number of anilines is 1. The summed E-state index contributed by atoms with van der Waals surface area (Å²) in [5.74, 6) is -1.54. The maximum Gasteiger partial charge on any atom is 0.332 e. The Kier molecular flexibility index (Phi) is 3.68. The summed E-state index contributed by atoms with van der Waals surface area (Å²) >= 11 is 5.75. The van der Waals surface area contributed by atoms with Crippen LogP contribution < -0.4 is 5.32 Å². The largest absolute Gasteiger partial charge is 0.478 e. The number of hydrogen-bond acceptors (Lipinski definition) is 2. The Morgan fingerprint density at radius 2 is 2.27 bits per heavy atom. The van der Waals surface area contributed by atoms with Crippen LogP contribution in [0, 0.1) is 5.82 Å². The van der Waals surface area contributed by atoms with Crippen molar-refractivity contribution in [1.82, 2.24) is 0 Å². The van der Waals surface area contributed by atoms with Gasteiger partial charge in [0.15, 0.2) is 0 Å². The van der Waals surface area contributed by atoms with Crippen LogP contribution >= 0.6 is 11.6 Å². The highest BCUT2D eigenvalue weighted by Gasteiger charge is 2.05. The van der Waals surface area contributed by atoms with E-state index in [-0.39, 0.29) is 12.1 Å². The second kappa shape index (κ2) is 4.79. The molecular weight excluding hydrogens is 221 g/mol. The highest BCUT2D eigenvalue weighted by molar-refractivity contribution is 6.33. The second-order valence-electron chi connectivity index (χ2n) is 2.89. The zero-order chi connectivity index (χ0) is 11.4. The molecule has 0 aliphatic carbocycles. The zero-order valence-corrected chi connectivity index (χ0v) is 8.51. The Morgan fingerprint density at radius 1 is 1.60 bits per heavy atom. The molecule has 1 aromatic rings. The van der Waals surface area contributed by atoms with E-state index in [9.17, 15) is 9.18 Å². The molecule has 80 valence electrons. The minimum Gasteiger partial charge on any atom is -0.478 e. The van der Waals surface area contributed by atoms with Crippen molar-refractivity contribution in [2.75, 3.05) is 11.9 Å². The van der Waals surface area contributed by atoms with Gasteiger partial charge in [-0.3, -0.25) is 0 Å². The predicted octanol–water partition coefficient (Wildman–Crippen LogP) is 2.53. The molecule has 5 heteroatoms. The molecule has 0 radical (unpaired) electrons. The lowest BCUT2D eigenvalue weighted by Crippen LogP contribution is -2.11. The van der Waals surface area contributed by atoms with Gasteiger partial charge in [-0.2, -0.15) is 0 Å². The molecule has 0 saturated heterocycles. The Bertz CT molecular complexity index is 406. The molecule has 0 atom stereocenters. The van der Waals surface area contributed by atoms with Gasteiger partial charge in [-0.15, -0.1) is 0 Å². The summed E-state index contributed by atoms with van der Waals surface area (Å²) in [6.45, 7) is 3.33. The van der Waals surface area contributed by atoms with Crippen molar-refractivity contribution < 1.29 is 14.3 Å². The van der Waals surface area contributed by atoms with Crippen molar-refractivity contribution in [3.8, 4) is 0 Å². The van der Waals surface area contributed by atoms with Crippen LogP contribution in [0.25, 0.3) is 0 Å². The van der Waals surface area contributed by atoms with E-state index in [4.69, 9.17) is 16.7 Å². The number of nitrogens with one attached hydrogen (secondary N) is 1. The smallest absolute Gasteiger partial charge is 0.332 e. The third-order valence-electron chi connectivity index (χ3n) is 1.72. The van der Waals surface area contributed by atoms with Crippen LogP contribution in [0.5, 0.6) is 0 Å². The molecule has 1 rings (SSSR count). The molecule has 0 amide bonds. The molecule has 0 fully saturated rings. The topological polar surface area (TPSA) is 49.3 Å². The zero-order valence-electron chi connectivity index (χ0n) is 7.76. The van der Waals surface area contributed by atoms with Crippen molar-refractivity contribution in [2.24, 2.45) is 0 Å². The summed E-state index contributed by atoms with van der Waals surface area (Å²) < 4.78 is 12.8. The van der Waals surface area contributed by atoms with Crippen molar-refractivity contribution in [1.29, 1.82) is 0 Å². The van der Waals surface area contributed by atoms with Gasteiger partial charge in [0.05, 0.1) is 10.7 Å². The molecule has 0 aromatic heterocycles.